The normalized spacial score (nSPS) is 24.3. The van der Waals surface area contributed by atoms with Gasteiger partial charge < -0.3 is 4.90 Å². The minimum Gasteiger partial charge on any atom is -0.334 e. The first-order chi connectivity index (χ1) is 7.36. The highest BCUT2D eigenvalue weighted by Crippen LogP contribution is 2.34. The van der Waals surface area contributed by atoms with E-state index in [4.69, 9.17) is 0 Å². The number of nitrogens with zero attached hydrogens (tertiary/aromatic N) is 2. The number of benzene rings is 1. The van der Waals surface area contributed by atoms with Crippen molar-refractivity contribution in [2.75, 3.05) is 12.3 Å². The summed E-state index contributed by atoms with van der Waals surface area (Å²) in [5.41, 5.74) is 1.05. The van der Waals surface area contributed by atoms with E-state index >= 15 is 0 Å². The number of carbonyl (C=O) groups excluding carboxylic acids is 1. The van der Waals surface area contributed by atoms with Crippen LogP contribution in [0.2, 0.25) is 0 Å². The molecule has 1 aromatic carbocycles. The van der Waals surface area contributed by atoms with E-state index in [9.17, 15) is 4.79 Å². The summed E-state index contributed by atoms with van der Waals surface area (Å²) in [6, 6.07) is 9.70. The predicted octanol–water partition coefficient (Wildman–Crippen LogP) is 1.67. The third-order valence-electron chi connectivity index (χ3n) is 2.68. The second-order valence-electron chi connectivity index (χ2n) is 3.59. The summed E-state index contributed by atoms with van der Waals surface area (Å²) in [5.74, 6) is 1.01. The van der Waals surface area contributed by atoms with E-state index in [0.29, 0.717) is 0 Å². The fourth-order valence-corrected chi connectivity index (χ4v) is 2.98. The summed E-state index contributed by atoms with van der Waals surface area (Å²) >= 11 is 1.67. The Morgan fingerprint density at radius 3 is 2.93 bits per heavy atom. The minimum atomic E-state index is -0.170. The van der Waals surface area contributed by atoms with Crippen LogP contribution < -0.4 is 0 Å². The van der Waals surface area contributed by atoms with Crippen LogP contribution in [0.25, 0.3) is 0 Å². The summed E-state index contributed by atoms with van der Waals surface area (Å²) in [7, 11) is 0. The summed E-state index contributed by atoms with van der Waals surface area (Å²) in [6.45, 7) is 0.925. The van der Waals surface area contributed by atoms with Crippen molar-refractivity contribution in [1.82, 2.24) is 4.90 Å². The molecule has 3 rings (SSSR count). The van der Waals surface area contributed by atoms with Gasteiger partial charge in [-0.25, -0.2) is 0 Å². The predicted molar refractivity (Wildman–Crippen MR) is 60.8 cm³/mol. The number of hydrogen-bond donors (Lipinski definition) is 0. The van der Waals surface area contributed by atoms with Crippen molar-refractivity contribution < 1.29 is 4.79 Å². The fraction of sp³-hybridized carbons (Fsp3) is 0.273. The van der Waals surface area contributed by atoms with Gasteiger partial charge in [0.15, 0.2) is 5.17 Å². The number of rotatable bonds is 1. The zero-order valence-corrected chi connectivity index (χ0v) is 8.91. The molecule has 1 unspecified atom stereocenters. The molecule has 0 spiro atoms. The summed E-state index contributed by atoms with van der Waals surface area (Å²) in [4.78, 5) is 17.9. The molecule has 1 fully saturated rings. The topological polar surface area (TPSA) is 32.7 Å². The van der Waals surface area contributed by atoms with Crippen molar-refractivity contribution >= 4 is 22.8 Å². The van der Waals surface area contributed by atoms with E-state index in [-0.39, 0.29) is 11.9 Å². The van der Waals surface area contributed by atoms with E-state index in [1.54, 1.807) is 11.8 Å². The Balaban J connectivity index is 1.98. The SMILES string of the molecule is O=C1N=C2SCCN2C1c1ccccc1. The quantitative estimate of drug-likeness (QED) is 0.719. The molecule has 15 heavy (non-hydrogen) atoms. The Hall–Kier alpha value is -1.29. The van der Waals surface area contributed by atoms with Crippen LogP contribution in [-0.4, -0.2) is 28.3 Å². The van der Waals surface area contributed by atoms with Crippen LogP contribution in [0, 0.1) is 0 Å². The number of fused-ring (bicyclic) bond motifs is 1. The second kappa shape index (κ2) is 3.38. The molecular weight excluding hydrogens is 208 g/mol. The maximum Gasteiger partial charge on any atom is 0.275 e. The van der Waals surface area contributed by atoms with Crippen LogP contribution in [0.1, 0.15) is 11.6 Å². The van der Waals surface area contributed by atoms with Crippen molar-refractivity contribution in [3.63, 3.8) is 0 Å². The highest BCUT2D eigenvalue weighted by molar-refractivity contribution is 8.14. The molecule has 0 aliphatic carbocycles. The van der Waals surface area contributed by atoms with Crippen molar-refractivity contribution in [2.45, 2.75) is 6.04 Å². The van der Waals surface area contributed by atoms with Gasteiger partial charge >= 0.3 is 0 Å². The molecule has 0 radical (unpaired) electrons. The number of amidine groups is 1. The van der Waals surface area contributed by atoms with Crippen LogP contribution >= 0.6 is 11.8 Å². The van der Waals surface area contributed by atoms with E-state index in [0.717, 1.165) is 23.0 Å². The third kappa shape index (κ3) is 1.36. The Kier molecular flexibility index (Phi) is 2.02. The first-order valence-electron chi connectivity index (χ1n) is 4.93. The standard InChI is InChI=1S/C11H10N2OS/c14-10-9(8-4-2-1-3-5-8)13-6-7-15-11(13)12-10/h1-5,9H,6-7H2. The lowest BCUT2D eigenvalue weighted by Gasteiger charge is -2.20. The Morgan fingerprint density at radius 1 is 1.33 bits per heavy atom. The van der Waals surface area contributed by atoms with Crippen LogP contribution in [-0.2, 0) is 4.79 Å². The Morgan fingerprint density at radius 2 is 2.13 bits per heavy atom. The monoisotopic (exact) mass is 218 g/mol. The minimum absolute atomic E-state index is 0.0246. The molecule has 0 N–H and O–H groups in total. The molecule has 0 aromatic heterocycles. The Labute approximate surface area is 92.2 Å². The number of thioether (sulfide) groups is 1. The molecule has 2 aliphatic heterocycles. The van der Waals surface area contributed by atoms with Crippen LogP contribution in [0.15, 0.2) is 35.3 Å². The molecule has 2 aliphatic rings. The fourth-order valence-electron chi connectivity index (χ4n) is 2.00. The van der Waals surface area contributed by atoms with Gasteiger partial charge in [0, 0.05) is 12.3 Å². The van der Waals surface area contributed by atoms with Gasteiger partial charge in [-0.1, -0.05) is 42.1 Å². The summed E-state index contributed by atoms with van der Waals surface area (Å²) in [5, 5.41) is 0.897. The lowest BCUT2D eigenvalue weighted by atomic mass is 10.1. The van der Waals surface area contributed by atoms with Gasteiger partial charge in [-0.05, 0) is 5.56 Å². The van der Waals surface area contributed by atoms with Crippen LogP contribution in [0.3, 0.4) is 0 Å². The van der Waals surface area contributed by atoms with Gasteiger partial charge in [-0.15, -0.1) is 0 Å². The van der Waals surface area contributed by atoms with E-state index < -0.39 is 0 Å². The summed E-state index contributed by atoms with van der Waals surface area (Å²) < 4.78 is 0. The molecule has 76 valence electrons. The van der Waals surface area contributed by atoms with Crippen LogP contribution in [0.4, 0.5) is 0 Å². The third-order valence-corrected chi connectivity index (χ3v) is 3.65. The molecule has 4 heteroatoms. The van der Waals surface area contributed by atoms with Crippen molar-refractivity contribution in [3.8, 4) is 0 Å². The molecule has 0 saturated carbocycles. The number of hydrogen-bond acceptors (Lipinski definition) is 3. The highest BCUT2D eigenvalue weighted by atomic mass is 32.2. The van der Waals surface area contributed by atoms with E-state index in [1.165, 1.54) is 0 Å². The molecule has 0 bridgehead atoms. The lowest BCUT2D eigenvalue weighted by Crippen LogP contribution is -2.27. The average molecular weight is 218 g/mol. The van der Waals surface area contributed by atoms with Crippen molar-refractivity contribution in [2.24, 2.45) is 4.99 Å². The molecular formula is C11H10N2OS. The van der Waals surface area contributed by atoms with E-state index in [2.05, 4.69) is 9.89 Å². The van der Waals surface area contributed by atoms with Crippen molar-refractivity contribution in [3.05, 3.63) is 35.9 Å². The molecule has 1 aromatic rings. The molecule has 2 heterocycles. The van der Waals surface area contributed by atoms with Crippen LogP contribution in [0.5, 0.6) is 0 Å². The van der Waals surface area contributed by atoms with Gasteiger partial charge in [0.05, 0.1) is 0 Å². The molecule has 3 nitrogen and oxygen atoms in total. The van der Waals surface area contributed by atoms with Gasteiger partial charge in [-0.2, -0.15) is 4.99 Å². The molecule has 1 saturated heterocycles. The number of amides is 1. The lowest BCUT2D eigenvalue weighted by molar-refractivity contribution is -0.120. The molecule has 1 amide bonds. The maximum absolute atomic E-state index is 11.7. The van der Waals surface area contributed by atoms with Gasteiger partial charge in [0.1, 0.15) is 6.04 Å². The van der Waals surface area contributed by atoms with E-state index in [1.807, 2.05) is 30.3 Å². The largest absolute Gasteiger partial charge is 0.334 e. The first kappa shape index (κ1) is 8.97. The second-order valence-corrected chi connectivity index (χ2v) is 4.65. The maximum atomic E-state index is 11.7. The smallest absolute Gasteiger partial charge is 0.275 e. The highest BCUT2D eigenvalue weighted by Gasteiger charge is 2.38. The van der Waals surface area contributed by atoms with Gasteiger partial charge in [0.2, 0.25) is 0 Å². The van der Waals surface area contributed by atoms with Gasteiger partial charge in [0.25, 0.3) is 5.91 Å². The zero-order valence-electron chi connectivity index (χ0n) is 8.09. The summed E-state index contributed by atoms with van der Waals surface area (Å²) in [6.07, 6.45) is 0. The number of aliphatic imine (C=N–C) groups is 1. The Bertz CT molecular complexity index is 429. The van der Waals surface area contributed by atoms with Crippen molar-refractivity contribution in [1.29, 1.82) is 0 Å². The first-order valence-corrected chi connectivity index (χ1v) is 5.92. The zero-order chi connectivity index (χ0) is 10.3. The molecule has 1 atom stereocenters. The van der Waals surface area contributed by atoms with Gasteiger partial charge in [-0.3, -0.25) is 4.79 Å². The number of carbonyl (C=O) groups is 1. The average Bonchev–Trinajstić information content (AvgIpc) is 2.78.